The molecule has 4 heteroatoms. The van der Waals surface area contributed by atoms with Crippen LogP contribution in [0.2, 0.25) is 0 Å². The molecular formula is C14H27ClN2O. The van der Waals surface area contributed by atoms with E-state index < -0.39 is 0 Å². The molecule has 0 aromatic heterocycles. The van der Waals surface area contributed by atoms with Crippen molar-refractivity contribution in [1.29, 1.82) is 0 Å². The Labute approximate surface area is 117 Å². The van der Waals surface area contributed by atoms with Gasteiger partial charge in [0.2, 0.25) is 5.91 Å². The van der Waals surface area contributed by atoms with Gasteiger partial charge < -0.3 is 10.6 Å². The van der Waals surface area contributed by atoms with Crippen LogP contribution in [0.3, 0.4) is 0 Å². The van der Waals surface area contributed by atoms with Gasteiger partial charge in [-0.1, -0.05) is 19.8 Å². The number of nitrogens with one attached hydrogen (secondary N) is 2. The lowest BCUT2D eigenvalue weighted by atomic mass is 9.82. The molecule has 0 spiro atoms. The van der Waals surface area contributed by atoms with Crippen molar-refractivity contribution < 1.29 is 4.79 Å². The normalized spacial score (nSPS) is 26.4. The van der Waals surface area contributed by atoms with E-state index in [-0.39, 0.29) is 17.8 Å². The van der Waals surface area contributed by atoms with Crippen LogP contribution in [0.1, 0.15) is 51.9 Å². The van der Waals surface area contributed by atoms with Crippen LogP contribution in [0, 0.1) is 11.3 Å². The fourth-order valence-corrected chi connectivity index (χ4v) is 3.32. The van der Waals surface area contributed by atoms with Crippen molar-refractivity contribution >= 4 is 18.3 Å². The number of rotatable bonds is 4. The van der Waals surface area contributed by atoms with Crippen LogP contribution in [0.15, 0.2) is 0 Å². The molecule has 106 valence electrons. The van der Waals surface area contributed by atoms with E-state index >= 15 is 0 Å². The second-order valence-electron chi connectivity index (χ2n) is 5.76. The minimum atomic E-state index is -0.0257. The minimum Gasteiger partial charge on any atom is -0.355 e. The molecule has 1 heterocycles. The minimum absolute atomic E-state index is 0. The smallest absolute Gasteiger partial charge is 0.226 e. The van der Waals surface area contributed by atoms with E-state index in [2.05, 4.69) is 17.6 Å². The van der Waals surface area contributed by atoms with Crippen LogP contribution in [0.4, 0.5) is 0 Å². The van der Waals surface area contributed by atoms with Gasteiger partial charge in [-0.15, -0.1) is 12.4 Å². The highest BCUT2D eigenvalue weighted by molar-refractivity contribution is 5.85. The van der Waals surface area contributed by atoms with Crippen LogP contribution in [0.5, 0.6) is 0 Å². The van der Waals surface area contributed by atoms with Crippen molar-refractivity contribution in [3.05, 3.63) is 0 Å². The Bertz CT molecular complexity index is 259. The summed E-state index contributed by atoms with van der Waals surface area (Å²) >= 11 is 0. The summed E-state index contributed by atoms with van der Waals surface area (Å²) in [6, 6.07) is 0. The molecule has 0 bridgehead atoms. The van der Waals surface area contributed by atoms with Crippen molar-refractivity contribution in [2.24, 2.45) is 11.3 Å². The third kappa shape index (κ3) is 3.61. The van der Waals surface area contributed by atoms with Crippen molar-refractivity contribution in [1.82, 2.24) is 10.6 Å². The average Bonchev–Trinajstić information content (AvgIpc) is 2.87. The lowest BCUT2D eigenvalue weighted by molar-refractivity contribution is -0.131. The molecule has 2 aliphatic rings. The fourth-order valence-electron chi connectivity index (χ4n) is 3.32. The Morgan fingerprint density at radius 2 is 2.06 bits per heavy atom. The highest BCUT2D eigenvalue weighted by atomic mass is 35.5. The van der Waals surface area contributed by atoms with E-state index in [0.29, 0.717) is 11.8 Å². The Kier molecular flexibility index (Phi) is 6.44. The van der Waals surface area contributed by atoms with Gasteiger partial charge in [-0.3, -0.25) is 4.79 Å². The third-order valence-electron chi connectivity index (χ3n) is 4.67. The number of hydrogen-bond acceptors (Lipinski definition) is 2. The van der Waals surface area contributed by atoms with Gasteiger partial charge in [-0.25, -0.2) is 0 Å². The number of piperidine rings is 1. The summed E-state index contributed by atoms with van der Waals surface area (Å²) in [4.78, 5) is 12.3. The summed E-state index contributed by atoms with van der Waals surface area (Å²) in [5.41, 5.74) is -0.0257. The molecular weight excluding hydrogens is 248 g/mol. The molecule has 1 saturated heterocycles. The third-order valence-corrected chi connectivity index (χ3v) is 4.67. The highest BCUT2D eigenvalue weighted by Crippen LogP contribution is 2.41. The number of hydrogen-bond donors (Lipinski definition) is 2. The number of halogens is 1. The van der Waals surface area contributed by atoms with E-state index in [1.165, 1.54) is 25.7 Å². The molecule has 1 saturated carbocycles. The summed E-state index contributed by atoms with van der Waals surface area (Å²) in [6.45, 7) is 5.24. The van der Waals surface area contributed by atoms with Crippen LogP contribution in [-0.4, -0.2) is 25.5 Å². The van der Waals surface area contributed by atoms with E-state index in [9.17, 15) is 4.79 Å². The maximum Gasteiger partial charge on any atom is 0.226 e. The standard InChI is InChI=1S/C14H26N2O.ClH/c1-2-14(7-3-4-8-14)13(17)16-11-12-6-5-9-15-10-12;/h12,15H,2-11H2,1H3,(H,16,17);1H. The van der Waals surface area contributed by atoms with E-state index in [0.717, 1.165) is 38.9 Å². The van der Waals surface area contributed by atoms with Gasteiger partial charge in [0.1, 0.15) is 0 Å². The molecule has 2 N–H and O–H groups in total. The monoisotopic (exact) mass is 274 g/mol. The number of carbonyl (C=O) groups excluding carboxylic acids is 1. The molecule has 2 rings (SSSR count). The van der Waals surface area contributed by atoms with Crippen molar-refractivity contribution in [2.75, 3.05) is 19.6 Å². The SMILES string of the molecule is CCC1(C(=O)NCC2CCCNC2)CCCC1.Cl. The van der Waals surface area contributed by atoms with Gasteiger partial charge in [0.15, 0.2) is 0 Å². The first-order valence-electron chi connectivity index (χ1n) is 7.26. The quantitative estimate of drug-likeness (QED) is 0.827. The first kappa shape index (κ1) is 15.8. The van der Waals surface area contributed by atoms with E-state index in [4.69, 9.17) is 0 Å². The summed E-state index contributed by atoms with van der Waals surface area (Å²) in [5, 5.41) is 6.61. The van der Waals surface area contributed by atoms with Crippen LogP contribution in [-0.2, 0) is 4.79 Å². The second kappa shape index (κ2) is 7.34. The van der Waals surface area contributed by atoms with Crippen molar-refractivity contribution in [3.8, 4) is 0 Å². The van der Waals surface area contributed by atoms with Gasteiger partial charge in [-0.2, -0.15) is 0 Å². The predicted octanol–water partition coefficient (Wildman–Crippen LogP) is 2.49. The summed E-state index contributed by atoms with van der Waals surface area (Å²) in [7, 11) is 0. The van der Waals surface area contributed by atoms with Crippen LogP contribution < -0.4 is 10.6 Å². The summed E-state index contributed by atoms with van der Waals surface area (Å²) in [6.07, 6.45) is 8.16. The molecule has 1 unspecified atom stereocenters. The Balaban J connectivity index is 0.00000162. The Morgan fingerprint density at radius 1 is 1.33 bits per heavy atom. The number of amides is 1. The second-order valence-corrected chi connectivity index (χ2v) is 5.76. The van der Waals surface area contributed by atoms with Gasteiger partial charge in [0.25, 0.3) is 0 Å². The van der Waals surface area contributed by atoms with Gasteiger partial charge in [-0.05, 0) is 51.1 Å². The maximum absolute atomic E-state index is 12.3. The molecule has 0 radical (unpaired) electrons. The molecule has 0 aromatic carbocycles. The van der Waals surface area contributed by atoms with Gasteiger partial charge in [0, 0.05) is 12.0 Å². The zero-order valence-corrected chi connectivity index (χ0v) is 12.3. The molecule has 18 heavy (non-hydrogen) atoms. The lowest BCUT2D eigenvalue weighted by Crippen LogP contribution is -2.43. The molecule has 1 aliphatic carbocycles. The van der Waals surface area contributed by atoms with Gasteiger partial charge >= 0.3 is 0 Å². The Morgan fingerprint density at radius 3 is 2.61 bits per heavy atom. The predicted molar refractivity (Wildman–Crippen MR) is 77.0 cm³/mol. The van der Waals surface area contributed by atoms with Crippen LogP contribution >= 0.6 is 12.4 Å². The zero-order valence-electron chi connectivity index (χ0n) is 11.5. The summed E-state index contributed by atoms with van der Waals surface area (Å²) in [5.74, 6) is 0.964. The molecule has 2 fully saturated rings. The topological polar surface area (TPSA) is 41.1 Å². The van der Waals surface area contributed by atoms with Gasteiger partial charge in [0.05, 0.1) is 0 Å². The average molecular weight is 275 g/mol. The Hall–Kier alpha value is -0.280. The number of carbonyl (C=O) groups is 1. The van der Waals surface area contributed by atoms with E-state index in [1.807, 2.05) is 0 Å². The fraction of sp³-hybridized carbons (Fsp3) is 0.929. The molecule has 1 atom stereocenters. The molecule has 0 aromatic rings. The molecule has 1 amide bonds. The lowest BCUT2D eigenvalue weighted by Gasteiger charge is -2.28. The first-order valence-corrected chi connectivity index (χ1v) is 7.26. The molecule has 1 aliphatic heterocycles. The van der Waals surface area contributed by atoms with Crippen molar-refractivity contribution in [3.63, 3.8) is 0 Å². The van der Waals surface area contributed by atoms with E-state index in [1.54, 1.807) is 0 Å². The van der Waals surface area contributed by atoms with Crippen LogP contribution in [0.25, 0.3) is 0 Å². The summed E-state index contributed by atoms with van der Waals surface area (Å²) < 4.78 is 0. The first-order chi connectivity index (χ1) is 8.27. The maximum atomic E-state index is 12.3. The largest absolute Gasteiger partial charge is 0.355 e. The molecule has 3 nitrogen and oxygen atoms in total. The van der Waals surface area contributed by atoms with Crippen molar-refractivity contribution in [2.45, 2.75) is 51.9 Å². The highest BCUT2D eigenvalue weighted by Gasteiger charge is 2.39. The zero-order chi connectivity index (χ0) is 12.1.